The van der Waals surface area contributed by atoms with Crippen molar-refractivity contribution >= 4 is 0 Å². The van der Waals surface area contributed by atoms with Gasteiger partial charge in [0.15, 0.2) is 0 Å². The maximum Gasteiger partial charge on any atom is 0.00967 e. The Balaban J connectivity index is 2.42. The quantitative estimate of drug-likeness (QED) is 0.668. The third-order valence-electron chi connectivity index (χ3n) is 4.41. The monoisotopic (exact) mass is 268 g/mol. The van der Waals surface area contributed by atoms with E-state index in [1.807, 2.05) is 0 Å². The summed E-state index contributed by atoms with van der Waals surface area (Å²) in [6, 6.07) is 0. The Bertz CT molecular complexity index is 236. The number of unbranched alkanes of at least 4 members (excludes halogenated alkanes) is 2. The second-order valence-electron chi connectivity index (χ2n) is 7.76. The van der Waals surface area contributed by atoms with E-state index in [1.165, 1.54) is 64.6 Å². The topological polar surface area (TPSA) is 15.3 Å². The first-order chi connectivity index (χ1) is 8.87. The van der Waals surface area contributed by atoms with Crippen LogP contribution in [0.5, 0.6) is 0 Å². The molecule has 0 aromatic heterocycles. The lowest BCUT2D eigenvalue weighted by atomic mass is 9.84. The highest BCUT2D eigenvalue weighted by atomic mass is 15.1. The normalized spacial score (nSPS) is 19.3. The van der Waals surface area contributed by atoms with Crippen LogP contribution in [-0.4, -0.2) is 37.1 Å². The number of nitrogens with zero attached hydrogens (tertiary/aromatic N) is 1. The van der Waals surface area contributed by atoms with E-state index in [9.17, 15) is 0 Å². The van der Waals surface area contributed by atoms with Crippen LogP contribution in [0.4, 0.5) is 0 Å². The van der Waals surface area contributed by atoms with Crippen LogP contribution in [0.3, 0.4) is 0 Å². The third kappa shape index (κ3) is 6.76. The zero-order valence-electron chi connectivity index (χ0n) is 14.0. The van der Waals surface area contributed by atoms with Crippen LogP contribution in [0.25, 0.3) is 0 Å². The summed E-state index contributed by atoms with van der Waals surface area (Å²) in [5.41, 5.74) is 0.782. The van der Waals surface area contributed by atoms with E-state index in [2.05, 4.69) is 45.0 Å². The Hall–Kier alpha value is -0.0800. The Kier molecular flexibility index (Phi) is 6.82. The van der Waals surface area contributed by atoms with E-state index in [1.54, 1.807) is 0 Å². The van der Waals surface area contributed by atoms with Gasteiger partial charge in [-0.3, -0.25) is 0 Å². The van der Waals surface area contributed by atoms with Crippen molar-refractivity contribution < 1.29 is 0 Å². The fourth-order valence-corrected chi connectivity index (χ4v) is 3.25. The van der Waals surface area contributed by atoms with Gasteiger partial charge in [-0.15, -0.1) is 0 Å². The van der Waals surface area contributed by atoms with E-state index in [0.29, 0.717) is 5.41 Å². The minimum atomic E-state index is 0.246. The molecule has 0 amide bonds. The number of hydrogen-bond donors (Lipinski definition) is 1. The molecule has 0 atom stereocenters. The smallest absolute Gasteiger partial charge is 0.00967 e. The van der Waals surface area contributed by atoms with Gasteiger partial charge < -0.3 is 10.2 Å². The summed E-state index contributed by atoms with van der Waals surface area (Å²) in [4.78, 5) is 2.57. The standard InChI is InChI=1S/C17H36N2/c1-6-7-10-13-19(5)15-17(11-8-9-12-17)14-18-16(2,3)4/h18H,6-15H2,1-5H3. The fraction of sp³-hybridized carbons (Fsp3) is 1.00. The molecule has 1 N–H and O–H groups in total. The minimum absolute atomic E-state index is 0.246. The van der Waals surface area contributed by atoms with Crippen molar-refractivity contribution in [1.82, 2.24) is 10.2 Å². The van der Waals surface area contributed by atoms with E-state index in [4.69, 9.17) is 0 Å². The molecule has 0 aromatic carbocycles. The van der Waals surface area contributed by atoms with Crippen LogP contribution < -0.4 is 5.32 Å². The molecule has 0 aliphatic heterocycles. The van der Waals surface area contributed by atoms with Crippen molar-refractivity contribution in [2.75, 3.05) is 26.7 Å². The van der Waals surface area contributed by atoms with Crippen molar-refractivity contribution in [3.63, 3.8) is 0 Å². The van der Waals surface area contributed by atoms with Gasteiger partial charge in [-0.25, -0.2) is 0 Å². The molecule has 0 unspecified atom stereocenters. The lowest BCUT2D eigenvalue weighted by molar-refractivity contribution is 0.159. The van der Waals surface area contributed by atoms with E-state index < -0.39 is 0 Å². The molecule has 0 saturated heterocycles. The predicted molar refractivity (Wildman–Crippen MR) is 85.7 cm³/mol. The van der Waals surface area contributed by atoms with Gasteiger partial charge >= 0.3 is 0 Å². The minimum Gasteiger partial charge on any atom is -0.311 e. The lowest BCUT2D eigenvalue weighted by Crippen LogP contribution is -2.47. The fourth-order valence-electron chi connectivity index (χ4n) is 3.25. The van der Waals surface area contributed by atoms with Crippen LogP contribution in [0.2, 0.25) is 0 Å². The van der Waals surface area contributed by atoms with Crippen LogP contribution in [0.1, 0.15) is 72.6 Å². The van der Waals surface area contributed by atoms with Gasteiger partial charge in [-0.1, -0.05) is 32.6 Å². The summed E-state index contributed by atoms with van der Waals surface area (Å²) in [5, 5.41) is 3.75. The summed E-state index contributed by atoms with van der Waals surface area (Å²) in [5.74, 6) is 0. The number of hydrogen-bond acceptors (Lipinski definition) is 2. The van der Waals surface area contributed by atoms with Gasteiger partial charge in [-0.2, -0.15) is 0 Å². The summed E-state index contributed by atoms with van der Waals surface area (Å²) >= 11 is 0. The molecule has 0 heterocycles. The SMILES string of the molecule is CCCCCN(C)CC1(CNC(C)(C)C)CCCC1. The average Bonchev–Trinajstić information content (AvgIpc) is 2.75. The van der Waals surface area contributed by atoms with Crippen LogP contribution in [-0.2, 0) is 0 Å². The highest BCUT2D eigenvalue weighted by Crippen LogP contribution is 2.38. The maximum absolute atomic E-state index is 3.75. The number of nitrogens with one attached hydrogen (secondary N) is 1. The Morgan fingerprint density at radius 1 is 1.11 bits per heavy atom. The zero-order chi connectivity index (χ0) is 14.4. The molecule has 0 bridgehead atoms. The van der Waals surface area contributed by atoms with Gasteiger partial charge in [-0.05, 0) is 59.0 Å². The average molecular weight is 268 g/mol. The number of rotatable bonds is 8. The first-order valence-electron chi connectivity index (χ1n) is 8.30. The molecule has 0 radical (unpaired) electrons. The predicted octanol–water partition coefficient (Wildman–Crippen LogP) is 4.06. The molecule has 114 valence electrons. The molecule has 2 heteroatoms. The highest BCUT2D eigenvalue weighted by Gasteiger charge is 2.35. The highest BCUT2D eigenvalue weighted by molar-refractivity contribution is 4.90. The van der Waals surface area contributed by atoms with Gasteiger partial charge in [0.25, 0.3) is 0 Å². The van der Waals surface area contributed by atoms with E-state index in [-0.39, 0.29) is 5.54 Å². The van der Waals surface area contributed by atoms with Gasteiger partial charge in [0.1, 0.15) is 0 Å². The molecular formula is C17H36N2. The van der Waals surface area contributed by atoms with Crippen LogP contribution >= 0.6 is 0 Å². The van der Waals surface area contributed by atoms with Crippen molar-refractivity contribution in [2.45, 2.75) is 78.2 Å². The van der Waals surface area contributed by atoms with E-state index in [0.717, 1.165) is 0 Å². The van der Waals surface area contributed by atoms with Crippen molar-refractivity contribution in [3.05, 3.63) is 0 Å². The molecule has 0 spiro atoms. The molecule has 1 saturated carbocycles. The molecule has 2 nitrogen and oxygen atoms in total. The summed E-state index contributed by atoms with van der Waals surface area (Å²) in [6.07, 6.45) is 9.73. The molecule has 1 aliphatic carbocycles. The molecule has 0 aromatic rings. The third-order valence-corrected chi connectivity index (χ3v) is 4.41. The van der Waals surface area contributed by atoms with Crippen LogP contribution in [0, 0.1) is 5.41 Å². The Morgan fingerprint density at radius 2 is 1.74 bits per heavy atom. The lowest BCUT2D eigenvalue weighted by Gasteiger charge is -2.36. The van der Waals surface area contributed by atoms with Crippen LogP contribution in [0.15, 0.2) is 0 Å². The summed E-state index contributed by atoms with van der Waals surface area (Å²) in [7, 11) is 2.31. The Labute approximate surface area is 121 Å². The molecular weight excluding hydrogens is 232 g/mol. The largest absolute Gasteiger partial charge is 0.311 e. The van der Waals surface area contributed by atoms with Crippen molar-refractivity contribution in [2.24, 2.45) is 5.41 Å². The van der Waals surface area contributed by atoms with Crippen molar-refractivity contribution in [3.8, 4) is 0 Å². The first kappa shape index (κ1) is 17.0. The van der Waals surface area contributed by atoms with Gasteiger partial charge in [0, 0.05) is 18.6 Å². The maximum atomic E-state index is 3.75. The van der Waals surface area contributed by atoms with Gasteiger partial charge in [0.2, 0.25) is 0 Å². The zero-order valence-corrected chi connectivity index (χ0v) is 14.0. The molecule has 19 heavy (non-hydrogen) atoms. The van der Waals surface area contributed by atoms with Gasteiger partial charge in [0.05, 0.1) is 0 Å². The van der Waals surface area contributed by atoms with E-state index >= 15 is 0 Å². The van der Waals surface area contributed by atoms with Crippen molar-refractivity contribution in [1.29, 1.82) is 0 Å². The second-order valence-corrected chi connectivity index (χ2v) is 7.76. The second kappa shape index (κ2) is 7.64. The summed E-state index contributed by atoms with van der Waals surface area (Å²) in [6.45, 7) is 12.9. The Morgan fingerprint density at radius 3 is 2.26 bits per heavy atom. The molecule has 1 rings (SSSR count). The summed E-state index contributed by atoms with van der Waals surface area (Å²) < 4.78 is 0. The molecule has 1 aliphatic rings. The first-order valence-corrected chi connectivity index (χ1v) is 8.30. The molecule has 1 fully saturated rings.